The average Bonchev–Trinajstić information content (AvgIpc) is 2.98. The average molecular weight is 436 g/mol. The van der Waals surface area contributed by atoms with Crippen LogP contribution in [-0.4, -0.2) is 26.1 Å². The Hall–Kier alpha value is -0.0913. The molecule has 2 aromatic rings. The molecule has 0 spiro atoms. The molecule has 0 saturated carbocycles. The van der Waals surface area contributed by atoms with Gasteiger partial charge in [-0.05, 0) is 0 Å². The molecule has 0 atom stereocenters. The van der Waals surface area contributed by atoms with Crippen LogP contribution >= 0.6 is 11.3 Å². The van der Waals surface area contributed by atoms with Gasteiger partial charge in [-0.15, -0.1) is 0 Å². The van der Waals surface area contributed by atoms with E-state index in [9.17, 15) is 0 Å². The molecule has 0 aliphatic rings. The normalized spacial score (nSPS) is 12.1. The summed E-state index contributed by atoms with van der Waals surface area (Å²) in [4.78, 5) is 5.02. The van der Waals surface area contributed by atoms with Gasteiger partial charge in [0.2, 0.25) is 0 Å². The monoisotopic (exact) mass is 437 g/mol. The van der Waals surface area contributed by atoms with Gasteiger partial charge in [0, 0.05) is 0 Å². The van der Waals surface area contributed by atoms with Crippen molar-refractivity contribution in [3.63, 3.8) is 0 Å². The van der Waals surface area contributed by atoms with Gasteiger partial charge < -0.3 is 0 Å². The van der Waals surface area contributed by atoms with Gasteiger partial charge in [0.15, 0.2) is 0 Å². The molecule has 0 saturated heterocycles. The zero-order valence-corrected chi connectivity index (χ0v) is 18.7. The van der Waals surface area contributed by atoms with E-state index in [1.807, 2.05) is 11.3 Å². The maximum atomic E-state index is 5.02. The molecule has 0 aliphatic carbocycles. The predicted molar refractivity (Wildman–Crippen MR) is 106 cm³/mol. The number of hydrogen-bond donors (Lipinski definition) is 0. The van der Waals surface area contributed by atoms with Crippen molar-refractivity contribution in [3.8, 4) is 0 Å². The van der Waals surface area contributed by atoms with Crippen molar-refractivity contribution in [2.75, 3.05) is 0 Å². The first kappa shape index (κ1) is 19.2. The van der Waals surface area contributed by atoms with Crippen molar-refractivity contribution in [3.05, 3.63) is 24.3 Å². The van der Waals surface area contributed by atoms with E-state index in [0.717, 1.165) is 0 Å². The molecule has 23 heavy (non-hydrogen) atoms. The molecular formula is C20H31NSSn. The first-order chi connectivity index (χ1) is 11.2. The summed E-state index contributed by atoms with van der Waals surface area (Å²) in [5.41, 5.74) is 1.23. The van der Waals surface area contributed by atoms with E-state index >= 15 is 0 Å². The second-order valence-electron chi connectivity index (χ2n) is 6.70. The number of nitrogens with zero attached hydrogens (tertiary/aromatic N) is 1. The molecule has 1 aromatic heterocycles. The standard InChI is InChI=1S/C13H27.C7H4NS.Sn/c1-4-7-10-13(11-8-5-2)12-9-6-3;1-2-4-7-6(3-1)8-5-9-7;/h4-12H2,1-3H3;1-4H;. The molecule has 2 rings (SSSR count). The molecule has 1 heterocycles. The summed E-state index contributed by atoms with van der Waals surface area (Å²) in [7, 11) is 0. The van der Waals surface area contributed by atoms with Crippen LogP contribution in [0.2, 0.25) is 3.43 Å². The van der Waals surface area contributed by atoms with Crippen molar-refractivity contribution < 1.29 is 0 Å². The Labute approximate surface area is 156 Å². The molecule has 1 nitrogen and oxygen atoms in total. The van der Waals surface area contributed by atoms with Crippen molar-refractivity contribution >= 4 is 45.7 Å². The molecule has 0 bridgehead atoms. The van der Waals surface area contributed by atoms with E-state index in [4.69, 9.17) is 4.98 Å². The number of aromatic nitrogens is 1. The van der Waals surface area contributed by atoms with Crippen LogP contribution in [0.3, 0.4) is 0 Å². The van der Waals surface area contributed by atoms with Crippen molar-refractivity contribution in [2.45, 2.75) is 82.0 Å². The summed E-state index contributed by atoms with van der Waals surface area (Å²) in [5, 5.41) is 0. The third kappa shape index (κ3) is 5.74. The summed E-state index contributed by atoms with van der Waals surface area (Å²) in [6.07, 6.45) is 12.6. The third-order valence-electron chi connectivity index (χ3n) is 4.69. The fourth-order valence-electron chi connectivity index (χ4n) is 3.26. The van der Waals surface area contributed by atoms with Crippen LogP contribution in [0.5, 0.6) is 0 Å². The summed E-state index contributed by atoms with van der Waals surface area (Å²) < 4.78 is 3.57. The van der Waals surface area contributed by atoms with Crippen molar-refractivity contribution in [2.24, 2.45) is 0 Å². The fourth-order valence-corrected chi connectivity index (χ4v) is 11.2. The minimum atomic E-state index is -0.654. The fraction of sp³-hybridized carbons (Fsp3) is 0.650. The van der Waals surface area contributed by atoms with Crippen LogP contribution in [0.15, 0.2) is 24.3 Å². The van der Waals surface area contributed by atoms with Crippen molar-refractivity contribution in [1.82, 2.24) is 4.98 Å². The Kier molecular flexibility index (Phi) is 8.39. The van der Waals surface area contributed by atoms with Crippen molar-refractivity contribution in [1.29, 1.82) is 0 Å². The summed E-state index contributed by atoms with van der Waals surface area (Å²) in [6, 6.07) is 8.69. The number of thiazole rings is 1. The van der Waals surface area contributed by atoms with E-state index in [0.29, 0.717) is 3.43 Å². The van der Waals surface area contributed by atoms with E-state index < -0.39 is 21.1 Å². The Morgan fingerprint density at radius 3 is 2.00 bits per heavy atom. The van der Waals surface area contributed by atoms with Crippen LogP contribution in [0.4, 0.5) is 0 Å². The molecule has 0 amide bonds. The van der Waals surface area contributed by atoms with Gasteiger partial charge in [0.25, 0.3) is 0 Å². The number of benzene rings is 1. The van der Waals surface area contributed by atoms with Gasteiger partial charge in [-0.25, -0.2) is 0 Å². The van der Waals surface area contributed by atoms with Gasteiger partial charge in [-0.3, -0.25) is 0 Å². The molecule has 126 valence electrons. The van der Waals surface area contributed by atoms with Crippen LogP contribution in [0.25, 0.3) is 10.2 Å². The van der Waals surface area contributed by atoms with E-state index in [1.165, 1.54) is 71.0 Å². The number of para-hydroxylation sites is 1. The summed E-state index contributed by atoms with van der Waals surface area (Å²) >= 11 is 1.34. The van der Waals surface area contributed by atoms with E-state index in [1.54, 1.807) is 0 Å². The second-order valence-corrected chi connectivity index (χ2v) is 13.9. The molecule has 0 fully saturated rings. The first-order valence-electron chi connectivity index (χ1n) is 9.36. The molecule has 0 N–H and O–H groups in total. The number of unbranched alkanes of at least 4 members (excludes halogenated alkanes) is 3. The first-order valence-corrected chi connectivity index (χ1v) is 13.0. The molecular weight excluding hydrogens is 405 g/mol. The van der Waals surface area contributed by atoms with Gasteiger partial charge >= 0.3 is 157 Å². The van der Waals surface area contributed by atoms with Crippen LogP contribution < -0.4 is 3.02 Å². The topological polar surface area (TPSA) is 12.9 Å². The number of fused-ring (bicyclic) bond motifs is 1. The number of rotatable bonds is 11. The Morgan fingerprint density at radius 1 is 0.913 bits per heavy atom. The van der Waals surface area contributed by atoms with Gasteiger partial charge in [0.05, 0.1) is 0 Å². The van der Waals surface area contributed by atoms with Crippen LogP contribution in [0.1, 0.15) is 78.6 Å². The zero-order chi connectivity index (χ0) is 16.5. The summed E-state index contributed by atoms with van der Waals surface area (Å²) in [5.74, 6) is 0. The molecule has 0 unspecified atom stereocenters. The van der Waals surface area contributed by atoms with Crippen LogP contribution in [0, 0.1) is 0 Å². The minimum absolute atomic E-state index is 0.652. The maximum absolute atomic E-state index is 5.02. The summed E-state index contributed by atoms with van der Waals surface area (Å²) in [6.45, 7) is 7.02. The van der Waals surface area contributed by atoms with Crippen LogP contribution in [-0.2, 0) is 0 Å². The Balaban J connectivity index is 2.21. The van der Waals surface area contributed by atoms with Gasteiger partial charge in [-0.2, -0.15) is 0 Å². The molecule has 3 heteroatoms. The quantitative estimate of drug-likeness (QED) is 0.374. The zero-order valence-electron chi connectivity index (χ0n) is 15.0. The van der Waals surface area contributed by atoms with Gasteiger partial charge in [-0.1, -0.05) is 0 Å². The molecule has 2 radical (unpaired) electrons. The second kappa shape index (κ2) is 10.0. The van der Waals surface area contributed by atoms with E-state index in [-0.39, 0.29) is 0 Å². The molecule has 1 aromatic carbocycles. The van der Waals surface area contributed by atoms with E-state index in [2.05, 4.69) is 45.0 Å². The predicted octanol–water partition coefficient (Wildman–Crippen LogP) is 6.36. The van der Waals surface area contributed by atoms with Gasteiger partial charge in [0.1, 0.15) is 0 Å². The SMILES string of the molecule is CCCC[C](CCCC)(CCCC)[Sn][c]1nc2ccccc2s1. The molecule has 0 aliphatic heterocycles. The number of hydrogen-bond acceptors (Lipinski definition) is 2. The third-order valence-corrected chi connectivity index (χ3v) is 11.7. The Morgan fingerprint density at radius 2 is 1.48 bits per heavy atom. The Bertz CT molecular complexity index is 523.